The monoisotopic (exact) mass is 325 g/mol. The van der Waals surface area contributed by atoms with E-state index < -0.39 is 0 Å². The highest BCUT2D eigenvalue weighted by Gasteiger charge is 2.20. The van der Waals surface area contributed by atoms with Crippen molar-refractivity contribution in [3.63, 3.8) is 0 Å². The topological polar surface area (TPSA) is 30.9 Å². The fourth-order valence-corrected chi connectivity index (χ4v) is 3.10. The predicted molar refractivity (Wildman–Crippen MR) is 89.0 cm³/mol. The molecular weight excluding hydrogens is 302 g/mol. The third-order valence-electron chi connectivity index (χ3n) is 4.23. The third kappa shape index (κ3) is 3.68. The number of halogens is 1. The minimum Gasteiger partial charge on any atom is -0.501 e. The van der Waals surface area contributed by atoms with Gasteiger partial charge in [0.1, 0.15) is 0 Å². The van der Waals surface area contributed by atoms with E-state index in [0.29, 0.717) is 0 Å². The number of fused-ring (bicyclic) bond motifs is 1. The van der Waals surface area contributed by atoms with Gasteiger partial charge < -0.3 is 14.2 Å². The molecule has 1 aromatic carbocycles. The maximum atomic E-state index is 5.43. The quantitative estimate of drug-likeness (QED) is 0.850. The van der Waals surface area contributed by atoms with E-state index in [1.54, 1.807) is 14.2 Å². The second-order valence-corrected chi connectivity index (χ2v) is 5.69. The average molecular weight is 326 g/mol. The van der Waals surface area contributed by atoms with Crippen molar-refractivity contribution in [1.29, 1.82) is 0 Å². The Hall–Kier alpha value is -1.39. The van der Waals surface area contributed by atoms with Crippen molar-refractivity contribution in [2.45, 2.75) is 25.8 Å². The van der Waals surface area contributed by atoms with Crippen molar-refractivity contribution < 1.29 is 14.2 Å². The Labute approximate surface area is 138 Å². The van der Waals surface area contributed by atoms with Crippen LogP contribution >= 0.6 is 12.4 Å². The van der Waals surface area contributed by atoms with Gasteiger partial charge in [0.2, 0.25) is 0 Å². The molecule has 2 heterocycles. The van der Waals surface area contributed by atoms with Crippen LogP contribution in [0.25, 0.3) is 0 Å². The molecule has 0 radical (unpaired) electrons. The van der Waals surface area contributed by atoms with Gasteiger partial charge in [-0.1, -0.05) is 0 Å². The Morgan fingerprint density at radius 1 is 1.09 bits per heavy atom. The number of methoxy groups -OCH3 is 2. The molecule has 0 fully saturated rings. The van der Waals surface area contributed by atoms with Crippen LogP contribution in [0.2, 0.25) is 0 Å². The van der Waals surface area contributed by atoms with Crippen molar-refractivity contribution in [2.24, 2.45) is 0 Å². The molecule has 4 nitrogen and oxygen atoms in total. The summed E-state index contributed by atoms with van der Waals surface area (Å²) in [7, 11) is 3.38. The van der Waals surface area contributed by atoms with E-state index in [-0.39, 0.29) is 12.4 Å². The first kappa shape index (κ1) is 17.0. The van der Waals surface area contributed by atoms with Gasteiger partial charge in [-0.25, -0.2) is 0 Å². The third-order valence-corrected chi connectivity index (χ3v) is 4.23. The van der Waals surface area contributed by atoms with Gasteiger partial charge in [0, 0.05) is 19.6 Å². The van der Waals surface area contributed by atoms with E-state index in [1.807, 2.05) is 6.26 Å². The zero-order valence-electron chi connectivity index (χ0n) is 13.3. The highest BCUT2D eigenvalue weighted by molar-refractivity contribution is 5.85. The summed E-state index contributed by atoms with van der Waals surface area (Å²) in [4.78, 5) is 2.48. The van der Waals surface area contributed by atoms with Crippen molar-refractivity contribution in [3.8, 4) is 11.5 Å². The summed E-state index contributed by atoms with van der Waals surface area (Å²) in [5.74, 6) is 1.64. The van der Waals surface area contributed by atoms with Crippen LogP contribution < -0.4 is 9.47 Å². The zero-order chi connectivity index (χ0) is 14.7. The van der Waals surface area contributed by atoms with E-state index in [0.717, 1.165) is 57.0 Å². The smallest absolute Gasteiger partial charge is 0.161 e. The fraction of sp³-hybridized carbons (Fsp3) is 0.529. The Morgan fingerprint density at radius 3 is 2.45 bits per heavy atom. The second kappa shape index (κ2) is 7.75. The van der Waals surface area contributed by atoms with Crippen molar-refractivity contribution in [1.82, 2.24) is 4.90 Å². The van der Waals surface area contributed by atoms with E-state index in [9.17, 15) is 0 Å². The first-order chi connectivity index (χ1) is 10.3. The lowest BCUT2D eigenvalue weighted by Crippen LogP contribution is -2.32. The number of rotatable bonds is 4. The van der Waals surface area contributed by atoms with Gasteiger partial charge in [-0.3, -0.25) is 4.90 Å². The lowest BCUT2D eigenvalue weighted by atomic mass is 9.98. The van der Waals surface area contributed by atoms with E-state index >= 15 is 0 Å². The molecule has 0 spiro atoms. The van der Waals surface area contributed by atoms with Gasteiger partial charge in [-0.15, -0.1) is 12.4 Å². The van der Waals surface area contributed by atoms with Crippen LogP contribution in [0, 0.1) is 0 Å². The second-order valence-electron chi connectivity index (χ2n) is 5.69. The molecule has 0 unspecified atom stereocenters. The van der Waals surface area contributed by atoms with Crippen LogP contribution in [0.1, 0.15) is 24.0 Å². The molecule has 5 heteroatoms. The van der Waals surface area contributed by atoms with Crippen LogP contribution in [0.15, 0.2) is 24.0 Å². The summed E-state index contributed by atoms with van der Waals surface area (Å²) < 4.78 is 16.2. The molecule has 0 aromatic heterocycles. The van der Waals surface area contributed by atoms with Crippen LogP contribution in [-0.2, 0) is 17.7 Å². The Bertz CT molecular complexity index is 545. The molecule has 0 atom stereocenters. The summed E-state index contributed by atoms with van der Waals surface area (Å²) in [5, 5.41) is 0. The van der Waals surface area contributed by atoms with Gasteiger partial charge in [-0.05, 0) is 48.1 Å². The summed E-state index contributed by atoms with van der Waals surface area (Å²) in [5.41, 5.74) is 4.12. The number of benzene rings is 1. The van der Waals surface area contributed by atoms with E-state index in [4.69, 9.17) is 14.2 Å². The average Bonchev–Trinajstić information content (AvgIpc) is 2.54. The number of ether oxygens (including phenoxy) is 3. The van der Waals surface area contributed by atoms with E-state index in [2.05, 4.69) is 17.0 Å². The normalized spacial score (nSPS) is 17.6. The molecule has 122 valence electrons. The maximum Gasteiger partial charge on any atom is 0.161 e. The lowest BCUT2D eigenvalue weighted by Gasteiger charge is -2.30. The van der Waals surface area contributed by atoms with Crippen LogP contribution in [0.4, 0.5) is 0 Å². The van der Waals surface area contributed by atoms with Crippen LogP contribution in [0.5, 0.6) is 11.5 Å². The molecule has 0 saturated heterocycles. The molecule has 2 aliphatic heterocycles. The zero-order valence-corrected chi connectivity index (χ0v) is 14.1. The lowest BCUT2D eigenvalue weighted by molar-refractivity contribution is 0.208. The van der Waals surface area contributed by atoms with Crippen LogP contribution in [0.3, 0.4) is 0 Å². The molecule has 3 rings (SSSR count). The summed E-state index contributed by atoms with van der Waals surface area (Å²) in [6, 6.07) is 4.24. The van der Waals surface area contributed by atoms with Gasteiger partial charge in [-0.2, -0.15) is 0 Å². The summed E-state index contributed by atoms with van der Waals surface area (Å²) >= 11 is 0. The summed E-state index contributed by atoms with van der Waals surface area (Å²) in [6.45, 7) is 3.92. The Kier molecular flexibility index (Phi) is 5.98. The number of nitrogens with zero attached hydrogens (tertiary/aromatic N) is 1. The molecule has 0 aliphatic carbocycles. The van der Waals surface area contributed by atoms with Crippen molar-refractivity contribution in [3.05, 3.63) is 35.1 Å². The molecule has 0 bridgehead atoms. The van der Waals surface area contributed by atoms with Crippen LogP contribution in [-0.4, -0.2) is 38.8 Å². The Balaban J connectivity index is 0.00000176. The van der Waals surface area contributed by atoms with Gasteiger partial charge in [0.05, 0.1) is 27.1 Å². The largest absolute Gasteiger partial charge is 0.501 e. The highest BCUT2D eigenvalue weighted by atomic mass is 35.5. The van der Waals surface area contributed by atoms with Crippen molar-refractivity contribution in [2.75, 3.05) is 33.9 Å². The molecule has 1 aromatic rings. The predicted octanol–water partition coefficient (Wildman–Crippen LogP) is 3.18. The van der Waals surface area contributed by atoms with E-state index in [1.165, 1.54) is 16.7 Å². The highest BCUT2D eigenvalue weighted by Crippen LogP contribution is 2.33. The summed E-state index contributed by atoms with van der Waals surface area (Å²) in [6.07, 6.45) is 5.31. The minimum absolute atomic E-state index is 0. The minimum atomic E-state index is 0. The standard InChI is InChI=1S/C17H23NO3.ClH/c1-19-16-8-14-5-6-18(10-13-4-3-7-21-12-13)11-15(14)9-17(16)20-2;/h8-9,12H,3-7,10-11H2,1-2H3;1H. The molecule has 0 N–H and O–H groups in total. The molecule has 2 aliphatic rings. The molecule has 0 saturated carbocycles. The number of hydrogen-bond acceptors (Lipinski definition) is 4. The molecule has 22 heavy (non-hydrogen) atoms. The SMILES string of the molecule is COc1cc2c(cc1OC)CN(CC1=COCCC1)CC2.Cl. The van der Waals surface area contributed by atoms with Gasteiger partial charge >= 0.3 is 0 Å². The Morgan fingerprint density at radius 2 is 1.82 bits per heavy atom. The first-order valence-electron chi connectivity index (χ1n) is 7.56. The molecular formula is C17H24ClNO3. The van der Waals surface area contributed by atoms with Gasteiger partial charge in [0.25, 0.3) is 0 Å². The number of hydrogen-bond donors (Lipinski definition) is 0. The van der Waals surface area contributed by atoms with Gasteiger partial charge in [0.15, 0.2) is 11.5 Å². The molecule has 0 amide bonds. The van der Waals surface area contributed by atoms with Crippen molar-refractivity contribution >= 4 is 12.4 Å². The first-order valence-corrected chi connectivity index (χ1v) is 7.56. The fourth-order valence-electron chi connectivity index (χ4n) is 3.10. The maximum absolute atomic E-state index is 5.43.